The van der Waals surface area contributed by atoms with Gasteiger partial charge in [0.15, 0.2) is 5.82 Å². The number of benzene rings is 2. The first-order valence-corrected chi connectivity index (χ1v) is 9.91. The van der Waals surface area contributed by atoms with Gasteiger partial charge in [-0.15, -0.1) is 5.10 Å². The monoisotopic (exact) mass is 398 g/mol. The maximum Gasteiger partial charge on any atom is 0.204 e. The minimum atomic E-state index is -0.285. The molecular formula is C21H23FN4OS. The van der Waals surface area contributed by atoms with Crippen molar-refractivity contribution >= 4 is 12.2 Å². The molecule has 4 rings (SSSR count). The van der Waals surface area contributed by atoms with Gasteiger partial charge in [0.2, 0.25) is 4.77 Å². The second-order valence-electron chi connectivity index (χ2n) is 7.19. The van der Waals surface area contributed by atoms with Crippen molar-refractivity contribution in [2.45, 2.75) is 19.5 Å². The van der Waals surface area contributed by atoms with Gasteiger partial charge in [-0.05, 0) is 61.8 Å². The largest absolute Gasteiger partial charge is 0.396 e. The highest BCUT2D eigenvalue weighted by atomic mass is 32.1. The number of hydrogen-bond donors (Lipinski definition) is 1. The Morgan fingerprint density at radius 3 is 2.57 bits per heavy atom. The summed E-state index contributed by atoms with van der Waals surface area (Å²) in [7, 11) is 0. The third-order valence-corrected chi connectivity index (χ3v) is 5.54. The number of aliphatic hydroxyl groups is 1. The molecule has 0 aliphatic carbocycles. The van der Waals surface area contributed by atoms with Gasteiger partial charge in [-0.2, -0.15) is 0 Å². The minimum Gasteiger partial charge on any atom is -0.396 e. The standard InChI is InChI=1S/C21H23FN4OS/c22-18-8-10-19(11-9-18)26-20(17-6-2-1-3-7-17)23-25(21(26)28)15-24-12-4-5-16(13-24)14-27/h1-3,6-11,16,27H,4-5,12-15H2/t16-/m0/s1. The molecule has 1 saturated heterocycles. The van der Waals surface area contributed by atoms with Crippen LogP contribution in [0.5, 0.6) is 0 Å². The van der Waals surface area contributed by atoms with Gasteiger partial charge in [-0.1, -0.05) is 30.3 Å². The molecule has 0 amide bonds. The normalized spacial score (nSPS) is 17.7. The fraction of sp³-hybridized carbons (Fsp3) is 0.333. The minimum absolute atomic E-state index is 0.210. The summed E-state index contributed by atoms with van der Waals surface area (Å²) in [5, 5.41) is 14.3. The van der Waals surface area contributed by atoms with E-state index >= 15 is 0 Å². The van der Waals surface area contributed by atoms with Crippen LogP contribution >= 0.6 is 12.2 Å². The molecule has 0 bridgehead atoms. The smallest absolute Gasteiger partial charge is 0.204 e. The fourth-order valence-corrected chi connectivity index (χ4v) is 4.01. The maximum absolute atomic E-state index is 13.4. The van der Waals surface area contributed by atoms with Gasteiger partial charge in [0.25, 0.3) is 0 Å². The zero-order chi connectivity index (χ0) is 19.5. The van der Waals surface area contributed by atoms with Crippen molar-refractivity contribution in [2.24, 2.45) is 5.92 Å². The van der Waals surface area contributed by atoms with Crippen molar-refractivity contribution in [1.82, 2.24) is 19.2 Å². The lowest BCUT2D eigenvalue weighted by molar-refractivity contribution is 0.0939. The number of likely N-dealkylation sites (tertiary alicyclic amines) is 1. The summed E-state index contributed by atoms with van der Waals surface area (Å²) in [5.41, 5.74) is 1.73. The Hall–Kier alpha value is -2.35. The van der Waals surface area contributed by atoms with Crippen LogP contribution in [0.1, 0.15) is 12.8 Å². The second-order valence-corrected chi connectivity index (χ2v) is 7.56. The van der Waals surface area contributed by atoms with E-state index in [-0.39, 0.29) is 12.4 Å². The van der Waals surface area contributed by atoms with Crippen molar-refractivity contribution in [2.75, 3.05) is 19.7 Å². The topological polar surface area (TPSA) is 46.2 Å². The summed E-state index contributed by atoms with van der Waals surface area (Å²) in [6, 6.07) is 16.2. The highest BCUT2D eigenvalue weighted by Gasteiger charge is 2.21. The van der Waals surface area contributed by atoms with Gasteiger partial charge in [-0.25, -0.2) is 9.07 Å². The molecule has 146 valence electrons. The van der Waals surface area contributed by atoms with E-state index in [0.29, 0.717) is 17.4 Å². The number of halogens is 1. The Labute approximate surface area is 168 Å². The van der Waals surface area contributed by atoms with Gasteiger partial charge in [0.05, 0.1) is 12.4 Å². The van der Waals surface area contributed by atoms with Crippen LogP contribution in [0.25, 0.3) is 17.1 Å². The summed E-state index contributed by atoms with van der Waals surface area (Å²) in [6.07, 6.45) is 2.11. The SMILES string of the molecule is OC[C@H]1CCCN(Cn2nc(-c3ccccc3)n(-c3ccc(F)cc3)c2=S)C1. The van der Waals surface area contributed by atoms with E-state index < -0.39 is 0 Å². The molecule has 2 aromatic carbocycles. The van der Waals surface area contributed by atoms with Gasteiger partial charge in [0, 0.05) is 18.7 Å². The second kappa shape index (κ2) is 8.34. The third kappa shape index (κ3) is 3.92. The van der Waals surface area contributed by atoms with Crippen molar-refractivity contribution in [3.05, 3.63) is 65.2 Å². The molecule has 7 heteroatoms. The third-order valence-electron chi connectivity index (χ3n) is 5.15. The Balaban J connectivity index is 1.74. The maximum atomic E-state index is 13.4. The van der Waals surface area contributed by atoms with Gasteiger partial charge >= 0.3 is 0 Å². The molecule has 1 aromatic heterocycles. The molecule has 0 radical (unpaired) electrons. The Bertz CT molecular complexity index is 984. The summed E-state index contributed by atoms with van der Waals surface area (Å²) in [6.45, 7) is 2.58. The Morgan fingerprint density at radius 2 is 1.86 bits per heavy atom. The van der Waals surface area contributed by atoms with Crippen molar-refractivity contribution < 1.29 is 9.50 Å². The average Bonchev–Trinajstić information content (AvgIpc) is 3.05. The van der Waals surface area contributed by atoms with Crippen molar-refractivity contribution in [1.29, 1.82) is 0 Å². The Morgan fingerprint density at radius 1 is 1.11 bits per heavy atom. The van der Waals surface area contributed by atoms with E-state index in [2.05, 4.69) is 4.90 Å². The zero-order valence-electron chi connectivity index (χ0n) is 15.5. The summed E-state index contributed by atoms with van der Waals surface area (Å²) >= 11 is 5.75. The first kappa shape index (κ1) is 19.0. The van der Waals surface area contributed by atoms with Crippen LogP contribution in [0.15, 0.2) is 54.6 Å². The number of hydrogen-bond acceptors (Lipinski definition) is 4. The van der Waals surface area contributed by atoms with Gasteiger partial charge in [0.1, 0.15) is 5.82 Å². The zero-order valence-corrected chi connectivity index (χ0v) is 16.4. The molecule has 1 fully saturated rings. The van der Waals surface area contributed by atoms with Crippen molar-refractivity contribution in [3.63, 3.8) is 0 Å². The molecule has 2 heterocycles. The lowest BCUT2D eigenvalue weighted by atomic mass is 10.00. The first-order chi connectivity index (χ1) is 13.7. The van der Waals surface area contributed by atoms with E-state index in [4.69, 9.17) is 17.3 Å². The van der Waals surface area contributed by atoms with E-state index in [1.165, 1.54) is 12.1 Å². The summed E-state index contributed by atoms with van der Waals surface area (Å²) < 4.78 is 17.7. The average molecular weight is 399 g/mol. The quantitative estimate of drug-likeness (QED) is 0.663. The molecule has 0 unspecified atom stereocenters. The lowest BCUT2D eigenvalue weighted by Gasteiger charge is -2.31. The van der Waals surface area contributed by atoms with Crippen molar-refractivity contribution in [3.8, 4) is 17.1 Å². The molecule has 3 aromatic rings. The number of nitrogens with zero attached hydrogens (tertiary/aromatic N) is 4. The van der Waals surface area contributed by atoms with E-state index in [1.54, 1.807) is 12.1 Å². The molecule has 1 aliphatic heterocycles. The molecule has 1 N–H and O–H groups in total. The Kier molecular flexibility index (Phi) is 5.66. The van der Waals surface area contributed by atoms with Gasteiger partial charge < -0.3 is 5.11 Å². The van der Waals surface area contributed by atoms with E-state index in [0.717, 1.165) is 43.0 Å². The van der Waals surface area contributed by atoms with E-state index in [1.807, 2.05) is 39.6 Å². The first-order valence-electron chi connectivity index (χ1n) is 9.50. The van der Waals surface area contributed by atoms with Crippen LogP contribution in [-0.2, 0) is 6.67 Å². The molecule has 0 saturated carbocycles. The predicted octanol–water partition coefficient (Wildman–Crippen LogP) is 3.87. The van der Waals surface area contributed by atoms with Gasteiger partial charge in [-0.3, -0.25) is 9.47 Å². The predicted molar refractivity (Wildman–Crippen MR) is 109 cm³/mol. The summed E-state index contributed by atoms with van der Waals surface area (Å²) in [4.78, 5) is 2.27. The molecule has 1 aliphatic rings. The van der Waals surface area contributed by atoms with Crippen LogP contribution in [0.3, 0.4) is 0 Å². The van der Waals surface area contributed by atoms with E-state index in [9.17, 15) is 9.50 Å². The van der Waals surface area contributed by atoms with Crippen LogP contribution < -0.4 is 0 Å². The van der Waals surface area contributed by atoms with Crippen LogP contribution in [0.2, 0.25) is 0 Å². The van der Waals surface area contributed by atoms with Crippen LogP contribution in [-0.4, -0.2) is 44.1 Å². The molecule has 0 spiro atoms. The highest BCUT2D eigenvalue weighted by Crippen LogP contribution is 2.24. The number of piperidine rings is 1. The fourth-order valence-electron chi connectivity index (χ4n) is 3.72. The molecule has 28 heavy (non-hydrogen) atoms. The number of aliphatic hydroxyl groups excluding tert-OH is 1. The number of aromatic nitrogens is 3. The highest BCUT2D eigenvalue weighted by molar-refractivity contribution is 7.71. The molecule has 5 nitrogen and oxygen atoms in total. The van der Waals surface area contributed by atoms with Crippen LogP contribution in [0.4, 0.5) is 4.39 Å². The van der Waals surface area contributed by atoms with Crippen LogP contribution in [0, 0.1) is 16.5 Å². The number of rotatable bonds is 5. The lowest BCUT2D eigenvalue weighted by Crippen LogP contribution is -2.38. The molecule has 1 atom stereocenters. The molecular weight excluding hydrogens is 375 g/mol. The summed E-state index contributed by atoms with van der Waals surface area (Å²) in [5.74, 6) is 0.746.